The highest BCUT2D eigenvalue weighted by atomic mass is 16.4. The van der Waals surface area contributed by atoms with Crippen LogP contribution in [0.25, 0.3) is 16.5 Å². The summed E-state index contributed by atoms with van der Waals surface area (Å²) in [7, 11) is 0. The Balaban J connectivity index is 1.96. The van der Waals surface area contributed by atoms with Gasteiger partial charge < -0.3 is 10.1 Å². The third kappa shape index (κ3) is 2.62. The molecule has 0 amide bonds. The van der Waals surface area contributed by atoms with Gasteiger partial charge in [0.2, 0.25) is 0 Å². The lowest BCUT2D eigenvalue weighted by Gasteiger charge is -2.32. The van der Waals surface area contributed by atoms with Crippen LogP contribution in [0.5, 0.6) is 0 Å². The van der Waals surface area contributed by atoms with Crippen molar-refractivity contribution in [2.75, 3.05) is 0 Å². The van der Waals surface area contributed by atoms with Crippen molar-refractivity contribution in [1.82, 2.24) is 9.97 Å². The van der Waals surface area contributed by atoms with Crippen LogP contribution in [0.15, 0.2) is 65.7 Å². The number of carboxylic acids is 1. The lowest BCUT2D eigenvalue weighted by Crippen LogP contribution is -2.32. The molecule has 3 aromatic rings. The summed E-state index contributed by atoms with van der Waals surface area (Å²) >= 11 is 0. The van der Waals surface area contributed by atoms with Crippen molar-refractivity contribution in [2.45, 2.75) is 19.8 Å². The second kappa shape index (κ2) is 6.26. The van der Waals surface area contributed by atoms with Gasteiger partial charge in [-0.25, -0.2) is 0 Å². The first-order chi connectivity index (χ1) is 12.6. The Morgan fingerprint density at radius 2 is 2.04 bits per heavy atom. The van der Waals surface area contributed by atoms with Gasteiger partial charge in [0.05, 0.1) is 0 Å². The van der Waals surface area contributed by atoms with Crippen molar-refractivity contribution in [1.29, 1.82) is 0 Å². The highest BCUT2D eigenvalue weighted by molar-refractivity contribution is 6.06. The van der Waals surface area contributed by atoms with E-state index in [4.69, 9.17) is 0 Å². The number of nitrogens with one attached hydrogen (secondary N) is 1. The van der Waals surface area contributed by atoms with Crippen LogP contribution >= 0.6 is 0 Å². The molecule has 1 aliphatic rings. The SMILES string of the molecule is CC1=NC(C)=C(c2cccnc2)C(c2ccc3[nH]ccc3c2)C1C(=O)O. The number of carbonyl (C=O) groups is 1. The van der Waals surface area contributed by atoms with E-state index < -0.39 is 11.9 Å². The average molecular weight is 345 g/mol. The summed E-state index contributed by atoms with van der Waals surface area (Å²) in [5.41, 5.74) is 5.30. The van der Waals surface area contributed by atoms with Crippen molar-refractivity contribution >= 4 is 28.2 Å². The molecule has 2 N–H and O–H groups in total. The maximum absolute atomic E-state index is 12.1. The molecular formula is C21H19N3O2. The van der Waals surface area contributed by atoms with Crippen LogP contribution in [0.1, 0.15) is 30.9 Å². The molecule has 1 aliphatic heterocycles. The first-order valence-electron chi connectivity index (χ1n) is 8.52. The minimum Gasteiger partial charge on any atom is -0.481 e. The molecule has 3 heterocycles. The highest BCUT2D eigenvalue weighted by Crippen LogP contribution is 2.44. The minimum absolute atomic E-state index is 0.312. The summed E-state index contributed by atoms with van der Waals surface area (Å²) in [6.45, 7) is 3.73. The van der Waals surface area contributed by atoms with Crippen molar-refractivity contribution in [3.05, 3.63) is 71.8 Å². The van der Waals surface area contributed by atoms with Crippen LogP contribution in [0.2, 0.25) is 0 Å². The molecule has 26 heavy (non-hydrogen) atoms. The monoisotopic (exact) mass is 345 g/mol. The maximum Gasteiger partial charge on any atom is 0.313 e. The summed E-state index contributed by atoms with van der Waals surface area (Å²) in [4.78, 5) is 24.1. The Hall–Kier alpha value is -3.21. The molecule has 0 saturated carbocycles. The molecule has 2 aromatic heterocycles. The smallest absolute Gasteiger partial charge is 0.313 e. The Bertz CT molecular complexity index is 1050. The number of aliphatic imine (C=N–C) groups is 1. The molecule has 0 radical (unpaired) electrons. The van der Waals surface area contributed by atoms with Gasteiger partial charge in [0.25, 0.3) is 0 Å². The van der Waals surface area contributed by atoms with Gasteiger partial charge in [-0.2, -0.15) is 0 Å². The van der Waals surface area contributed by atoms with Crippen molar-refractivity contribution in [3.8, 4) is 0 Å². The van der Waals surface area contributed by atoms with E-state index in [9.17, 15) is 9.90 Å². The molecular weight excluding hydrogens is 326 g/mol. The lowest BCUT2D eigenvalue weighted by atomic mass is 9.73. The average Bonchev–Trinajstić information content (AvgIpc) is 3.09. The number of rotatable bonds is 3. The number of pyridine rings is 1. The van der Waals surface area contributed by atoms with Gasteiger partial charge >= 0.3 is 5.97 Å². The van der Waals surface area contributed by atoms with Crippen LogP contribution in [-0.4, -0.2) is 26.8 Å². The molecule has 0 bridgehead atoms. The minimum atomic E-state index is -0.862. The number of aromatic amines is 1. The quantitative estimate of drug-likeness (QED) is 0.745. The lowest BCUT2D eigenvalue weighted by molar-refractivity contribution is -0.139. The molecule has 0 spiro atoms. The van der Waals surface area contributed by atoms with Gasteiger partial charge in [-0.1, -0.05) is 12.1 Å². The molecule has 0 aliphatic carbocycles. The summed E-state index contributed by atoms with van der Waals surface area (Å²) in [5.74, 6) is -1.88. The van der Waals surface area contributed by atoms with E-state index in [1.54, 1.807) is 19.3 Å². The van der Waals surface area contributed by atoms with Gasteiger partial charge in [-0.3, -0.25) is 14.8 Å². The van der Waals surface area contributed by atoms with Gasteiger partial charge in [0.15, 0.2) is 0 Å². The van der Waals surface area contributed by atoms with Crippen LogP contribution in [0.4, 0.5) is 0 Å². The molecule has 2 atom stereocenters. The molecule has 2 unspecified atom stereocenters. The van der Waals surface area contributed by atoms with Gasteiger partial charge in [0.1, 0.15) is 5.92 Å². The second-order valence-electron chi connectivity index (χ2n) is 6.61. The predicted octanol–water partition coefficient (Wildman–Crippen LogP) is 4.25. The molecule has 5 nitrogen and oxygen atoms in total. The summed E-state index contributed by atoms with van der Waals surface area (Å²) in [5, 5.41) is 11.0. The fourth-order valence-electron chi connectivity index (χ4n) is 3.88. The summed E-state index contributed by atoms with van der Waals surface area (Å²) < 4.78 is 0. The first kappa shape index (κ1) is 16.3. The molecule has 130 valence electrons. The zero-order valence-electron chi connectivity index (χ0n) is 14.6. The standard InChI is InChI=1S/C21H19N3O2/c1-12-18(16-4-3-8-22-11-16)20(19(21(25)26)13(2)24-12)15-5-6-17-14(10-15)7-9-23-17/h3-11,19-20,23H,1-2H3,(H,25,26). The molecule has 5 heteroatoms. The van der Waals surface area contributed by atoms with Crippen molar-refractivity contribution in [3.63, 3.8) is 0 Å². The number of hydrogen-bond acceptors (Lipinski definition) is 3. The van der Waals surface area contributed by atoms with Crippen molar-refractivity contribution < 1.29 is 9.90 Å². The zero-order valence-corrected chi connectivity index (χ0v) is 14.6. The van der Waals surface area contributed by atoms with Crippen LogP contribution in [0, 0.1) is 5.92 Å². The number of H-pyrrole nitrogens is 1. The number of aromatic nitrogens is 2. The number of nitrogens with zero attached hydrogens (tertiary/aromatic N) is 2. The van der Waals surface area contributed by atoms with E-state index in [-0.39, 0.29) is 5.92 Å². The van der Waals surface area contributed by atoms with E-state index in [1.165, 1.54) is 0 Å². The number of aliphatic carboxylic acids is 1. The molecule has 4 rings (SSSR count). The van der Waals surface area contributed by atoms with Gasteiger partial charge in [-0.05, 0) is 60.2 Å². The number of benzene rings is 1. The fourth-order valence-corrected chi connectivity index (χ4v) is 3.88. The van der Waals surface area contributed by atoms with E-state index in [1.807, 2.05) is 43.5 Å². The first-order valence-corrected chi connectivity index (χ1v) is 8.52. The van der Waals surface area contributed by atoms with Crippen LogP contribution < -0.4 is 0 Å². The van der Waals surface area contributed by atoms with Crippen molar-refractivity contribution in [2.24, 2.45) is 10.9 Å². The summed E-state index contributed by atoms with van der Waals surface area (Å²) in [6.07, 6.45) is 5.38. The third-order valence-electron chi connectivity index (χ3n) is 5.00. The van der Waals surface area contributed by atoms with Gasteiger partial charge in [0, 0.05) is 41.4 Å². The van der Waals surface area contributed by atoms with Crippen LogP contribution in [0.3, 0.4) is 0 Å². The summed E-state index contributed by atoms with van der Waals surface area (Å²) in [6, 6.07) is 11.9. The van der Waals surface area contributed by atoms with Crippen LogP contribution in [-0.2, 0) is 4.79 Å². The Labute approximate surface area is 151 Å². The maximum atomic E-state index is 12.1. The number of carboxylic acid groups (broad SMARTS) is 1. The van der Waals surface area contributed by atoms with E-state index in [0.29, 0.717) is 5.71 Å². The molecule has 0 fully saturated rings. The topological polar surface area (TPSA) is 78.3 Å². The van der Waals surface area contributed by atoms with E-state index in [0.717, 1.165) is 33.3 Å². The van der Waals surface area contributed by atoms with E-state index >= 15 is 0 Å². The zero-order chi connectivity index (χ0) is 18.3. The number of allylic oxidation sites excluding steroid dienone is 2. The molecule has 0 saturated heterocycles. The van der Waals surface area contributed by atoms with Gasteiger partial charge in [-0.15, -0.1) is 0 Å². The van der Waals surface area contributed by atoms with E-state index in [2.05, 4.69) is 21.0 Å². The largest absolute Gasteiger partial charge is 0.481 e. The molecule has 1 aromatic carbocycles. The second-order valence-corrected chi connectivity index (χ2v) is 6.61. The Morgan fingerprint density at radius 3 is 2.77 bits per heavy atom. The Morgan fingerprint density at radius 1 is 1.19 bits per heavy atom. The Kier molecular flexibility index (Phi) is 3.92. The predicted molar refractivity (Wildman–Crippen MR) is 102 cm³/mol. The fraction of sp³-hybridized carbons (Fsp3) is 0.190. The number of hydrogen-bond donors (Lipinski definition) is 2. The third-order valence-corrected chi connectivity index (χ3v) is 5.00. The normalized spacial score (nSPS) is 20.3. The highest BCUT2D eigenvalue weighted by Gasteiger charge is 2.38. The number of fused-ring (bicyclic) bond motifs is 1.